The third-order valence-corrected chi connectivity index (χ3v) is 3.62. The number of carbonyl (C=O) groups is 2. The molecule has 0 heterocycles. The SMILES string of the molecule is COC(=O)[C@H](Cc1cccc(Br)c1)NC(=O)[C@@H](O)CC(C)C. The molecule has 0 radical (unpaired) electrons. The molecule has 0 aliphatic heterocycles. The molecule has 2 N–H and O–H groups in total. The summed E-state index contributed by atoms with van der Waals surface area (Å²) >= 11 is 3.36. The number of aliphatic hydroxyl groups excluding tert-OH is 1. The van der Waals surface area contributed by atoms with Crippen LogP contribution in [-0.4, -0.2) is 36.2 Å². The maximum Gasteiger partial charge on any atom is 0.328 e. The van der Waals surface area contributed by atoms with Crippen LogP contribution in [0.4, 0.5) is 0 Å². The van der Waals surface area contributed by atoms with E-state index >= 15 is 0 Å². The van der Waals surface area contributed by atoms with Gasteiger partial charge >= 0.3 is 5.97 Å². The summed E-state index contributed by atoms with van der Waals surface area (Å²) in [6.07, 6.45) is -0.488. The highest BCUT2D eigenvalue weighted by molar-refractivity contribution is 9.10. The Morgan fingerprint density at radius 2 is 2.05 bits per heavy atom. The van der Waals surface area contributed by atoms with Crippen molar-refractivity contribution in [2.24, 2.45) is 5.92 Å². The number of hydrogen-bond donors (Lipinski definition) is 2. The summed E-state index contributed by atoms with van der Waals surface area (Å²) in [7, 11) is 1.27. The molecular formula is C16H22BrNO4. The van der Waals surface area contributed by atoms with Gasteiger partial charge in [-0.2, -0.15) is 0 Å². The van der Waals surface area contributed by atoms with Crippen LogP contribution in [0, 0.1) is 5.92 Å². The number of aliphatic hydroxyl groups is 1. The number of esters is 1. The van der Waals surface area contributed by atoms with Gasteiger partial charge in [0.25, 0.3) is 0 Å². The van der Waals surface area contributed by atoms with E-state index in [1.165, 1.54) is 7.11 Å². The van der Waals surface area contributed by atoms with Crippen LogP contribution in [0.1, 0.15) is 25.8 Å². The van der Waals surface area contributed by atoms with Gasteiger partial charge in [0, 0.05) is 10.9 Å². The monoisotopic (exact) mass is 371 g/mol. The van der Waals surface area contributed by atoms with Crippen LogP contribution >= 0.6 is 15.9 Å². The molecule has 1 aromatic carbocycles. The highest BCUT2D eigenvalue weighted by Gasteiger charge is 2.25. The molecule has 1 rings (SSSR count). The highest BCUT2D eigenvalue weighted by Crippen LogP contribution is 2.14. The fraction of sp³-hybridized carbons (Fsp3) is 0.500. The molecule has 1 aromatic rings. The second kappa shape index (κ2) is 8.90. The Bertz CT molecular complexity index is 519. The van der Waals surface area contributed by atoms with Crippen LogP contribution in [0.25, 0.3) is 0 Å². The smallest absolute Gasteiger partial charge is 0.328 e. The number of halogens is 1. The van der Waals surface area contributed by atoms with Crippen molar-refractivity contribution in [1.29, 1.82) is 0 Å². The average Bonchev–Trinajstić information content (AvgIpc) is 2.44. The van der Waals surface area contributed by atoms with E-state index in [1.807, 2.05) is 38.1 Å². The van der Waals surface area contributed by atoms with E-state index in [4.69, 9.17) is 4.74 Å². The number of ether oxygens (including phenoxy) is 1. The van der Waals surface area contributed by atoms with Gasteiger partial charge in [0.05, 0.1) is 7.11 Å². The molecule has 0 aliphatic rings. The van der Waals surface area contributed by atoms with E-state index in [1.54, 1.807) is 0 Å². The lowest BCUT2D eigenvalue weighted by molar-refractivity contribution is -0.146. The molecule has 0 saturated heterocycles. The normalized spacial score (nSPS) is 13.5. The molecule has 0 aromatic heterocycles. The van der Waals surface area contributed by atoms with Crippen LogP contribution in [0.2, 0.25) is 0 Å². The first-order valence-corrected chi connectivity index (χ1v) is 7.93. The number of amides is 1. The number of hydrogen-bond acceptors (Lipinski definition) is 4. The van der Waals surface area contributed by atoms with Gasteiger partial charge in [0.15, 0.2) is 0 Å². The van der Waals surface area contributed by atoms with Gasteiger partial charge in [0.1, 0.15) is 12.1 Å². The second-order valence-electron chi connectivity index (χ2n) is 5.56. The molecule has 5 nitrogen and oxygen atoms in total. The summed E-state index contributed by atoms with van der Waals surface area (Å²) in [6, 6.07) is 6.63. The number of methoxy groups -OCH3 is 1. The lowest BCUT2D eigenvalue weighted by atomic mass is 10.0. The molecule has 122 valence electrons. The zero-order valence-electron chi connectivity index (χ0n) is 13.0. The maximum atomic E-state index is 12.0. The van der Waals surface area contributed by atoms with Gasteiger partial charge in [0.2, 0.25) is 5.91 Å². The quantitative estimate of drug-likeness (QED) is 0.719. The van der Waals surface area contributed by atoms with E-state index in [9.17, 15) is 14.7 Å². The van der Waals surface area contributed by atoms with Gasteiger partial charge in [-0.15, -0.1) is 0 Å². The number of benzene rings is 1. The summed E-state index contributed by atoms with van der Waals surface area (Å²) < 4.78 is 5.62. The van der Waals surface area contributed by atoms with Gasteiger partial charge in [-0.1, -0.05) is 41.9 Å². The Kier molecular flexibility index (Phi) is 7.55. The van der Waals surface area contributed by atoms with Gasteiger partial charge in [-0.3, -0.25) is 4.79 Å². The third-order valence-electron chi connectivity index (χ3n) is 3.13. The Labute approximate surface area is 139 Å². The van der Waals surface area contributed by atoms with E-state index in [-0.39, 0.29) is 5.92 Å². The Balaban J connectivity index is 2.77. The lowest BCUT2D eigenvalue weighted by Crippen LogP contribution is -2.47. The van der Waals surface area contributed by atoms with E-state index in [0.717, 1.165) is 10.0 Å². The van der Waals surface area contributed by atoms with E-state index < -0.39 is 24.0 Å². The van der Waals surface area contributed by atoms with Gasteiger partial charge < -0.3 is 15.2 Å². The van der Waals surface area contributed by atoms with Crippen molar-refractivity contribution in [1.82, 2.24) is 5.32 Å². The van der Waals surface area contributed by atoms with Crippen molar-refractivity contribution in [3.05, 3.63) is 34.3 Å². The summed E-state index contributed by atoms with van der Waals surface area (Å²) in [5, 5.41) is 12.4. The number of rotatable bonds is 7. The second-order valence-corrected chi connectivity index (χ2v) is 6.48. The van der Waals surface area contributed by atoms with Crippen LogP contribution in [0.5, 0.6) is 0 Å². The minimum Gasteiger partial charge on any atom is -0.467 e. The summed E-state index contributed by atoms with van der Waals surface area (Å²) in [6.45, 7) is 3.82. The van der Waals surface area contributed by atoms with Crippen molar-refractivity contribution in [3.63, 3.8) is 0 Å². The zero-order valence-corrected chi connectivity index (χ0v) is 14.6. The van der Waals surface area contributed by atoms with Crippen LogP contribution in [0.15, 0.2) is 28.7 Å². The first-order valence-electron chi connectivity index (χ1n) is 7.14. The minimum atomic E-state index is -1.13. The highest BCUT2D eigenvalue weighted by atomic mass is 79.9. The lowest BCUT2D eigenvalue weighted by Gasteiger charge is -2.19. The van der Waals surface area contributed by atoms with Crippen LogP contribution in [-0.2, 0) is 20.7 Å². The molecule has 22 heavy (non-hydrogen) atoms. The van der Waals surface area contributed by atoms with Gasteiger partial charge in [-0.25, -0.2) is 4.79 Å². The molecule has 0 fully saturated rings. The predicted molar refractivity (Wildman–Crippen MR) is 87.3 cm³/mol. The van der Waals surface area contributed by atoms with Crippen LogP contribution in [0.3, 0.4) is 0 Å². The average molecular weight is 372 g/mol. The summed E-state index contributed by atoms with van der Waals surface area (Å²) in [4.78, 5) is 23.8. The fourth-order valence-electron chi connectivity index (χ4n) is 2.06. The van der Waals surface area contributed by atoms with Crippen molar-refractivity contribution in [2.45, 2.75) is 38.8 Å². The Hall–Kier alpha value is -1.40. The van der Waals surface area contributed by atoms with Crippen molar-refractivity contribution in [2.75, 3.05) is 7.11 Å². The minimum absolute atomic E-state index is 0.183. The largest absolute Gasteiger partial charge is 0.467 e. The fourth-order valence-corrected chi connectivity index (χ4v) is 2.50. The van der Waals surface area contributed by atoms with Crippen molar-refractivity contribution in [3.8, 4) is 0 Å². The van der Waals surface area contributed by atoms with Gasteiger partial charge in [-0.05, 0) is 30.0 Å². The molecule has 2 atom stereocenters. The maximum absolute atomic E-state index is 12.0. The first-order chi connectivity index (χ1) is 10.3. The molecule has 1 amide bonds. The molecule has 0 aliphatic carbocycles. The zero-order chi connectivity index (χ0) is 16.7. The predicted octanol–water partition coefficient (Wildman–Crippen LogP) is 2.06. The van der Waals surface area contributed by atoms with E-state index in [0.29, 0.717) is 12.8 Å². The molecule has 6 heteroatoms. The molecule has 0 unspecified atom stereocenters. The first kappa shape index (κ1) is 18.6. The number of carbonyl (C=O) groups excluding carboxylic acids is 2. The topological polar surface area (TPSA) is 75.6 Å². The third kappa shape index (κ3) is 6.15. The van der Waals surface area contributed by atoms with Crippen molar-refractivity contribution < 1.29 is 19.4 Å². The Morgan fingerprint density at radius 3 is 2.59 bits per heavy atom. The molecular weight excluding hydrogens is 350 g/mol. The van der Waals surface area contributed by atoms with E-state index in [2.05, 4.69) is 21.2 Å². The standard InChI is InChI=1S/C16H22BrNO4/c1-10(2)7-14(19)15(20)18-13(16(21)22-3)9-11-5-4-6-12(17)8-11/h4-6,8,10,13-14,19H,7,9H2,1-3H3,(H,18,20)/t13-,14-/m0/s1. The van der Waals surface area contributed by atoms with Crippen molar-refractivity contribution >= 4 is 27.8 Å². The van der Waals surface area contributed by atoms with Crippen LogP contribution < -0.4 is 5.32 Å². The Morgan fingerprint density at radius 1 is 1.36 bits per heavy atom. The summed E-state index contributed by atoms with van der Waals surface area (Å²) in [5.74, 6) is -0.911. The summed E-state index contributed by atoms with van der Waals surface area (Å²) in [5.41, 5.74) is 0.878. The molecule has 0 spiro atoms. The molecule has 0 bridgehead atoms. The number of nitrogens with one attached hydrogen (secondary N) is 1. The molecule has 0 saturated carbocycles.